The number of rotatable bonds is 8. The van der Waals surface area contributed by atoms with Gasteiger partial charge in [-0.05, 0) is 48.9 Å². The summed E-state index contributed by atoms with van der Waals surface area (Å²) < 4.78 is 39.3. The zero-order valence-electron chi connectivity index (χ0n) is 20.4. The van der Waals surface area contributed by atoms with Crippen LogP contribution in [0.2, 0.25) is 0 Å². The number of carbonyl (C=O) groups is 1. The lowest BCUT2D eigenvalue weighted by molar-refractivity contribution is 0.0730. The maximum atomic E-state index is 13.8. The highest BCUT2D eigenvalue weighted by Gasteiger charge is 2.27. The maximum Gasteiger partial charge on any atom is 0.260 e. The SMILES string of the molecule is CCOc1cccc2sc(N(Cc3ccccc3)C(=O)c3ccc(S(=O)(=O)N4CCOCC4)cc3)nc12. The first-order valence-electron chi connectivity index (χ1n) is 12.0. The molecule has 37 heavy (non-hydrogen) atoms. The molecular weight excluding hydrogens is 510 g/mol. The van der Waals surface area contributed by atoms with Gasteiger partial charge in [0.25, 0.3) is 5.91 Å². The fourth-order valence-corrected chi connectivity index (χ4v) is 6.54. The first-order chi connectivity index (χ1) is 18.0. The van der Waals surface area contributed by atoms with Crippen LogP contribution in [0.25, 0.3) is 10.2 Å². The number of nitrogens with zero attached hydrogens (tertiary/aromatic N) is 3. The molecule has 8 nitrogen and oxygen atoms in total. The second-order valence-electron chi connectivity index (χ2n) is 8.45. The van der Waals surface area contributed by atoms with Gasteiger partial charge in [-0.25, -0.2) is 13.4 Å². The maximum absolute atomic E-state index is 13.8. The van der Waals surface area contributed by atoms with Gasteiger partial charge in [0.1, 0.15) is 11.3 Å². The minimum Gasteiger partial charge on any atom is -0.492 e. The molecule has 0 radical (unpaired) electrons. The Morgan fingerprint density at radius 2 is 1.76 bits per heavy atom. The number of ether oxygens (including phenoxy) is 2. The minimum atomic E-state index is -3.65. The van der Waals surface area contributed by atoms with Gasteiger partial charge >= 0.3 is 0 Å². The minimum absolute atomic E-state index is 0.155. The standard InChI is InChI=1S/C27H27N3O5S2/c1-2-35-23-9-6-10-24-25(23)28-27(36-24)30(19-20-7-4-3-5-8-20)26(31)21-11-13-22(14-12-21)37(32,33)29-15-17-34-18-16-29/h3-14H,2,15-19H2,1H3. The molecule has 192 valence electrons. The molecular formula is C27H27N3O5S2. The average molecular weight is 538 g/mol. The van der Waals surface area contributed by atoms with Crippen molar-refractivity contribution in [1.29, 1.82) is 0 Å². The summed E-state index contributed by atoms with van der Waals surface area (Å²) in [7, 11) is -3.65. The first kappa shape index (κ1) is 25.3. The van der Waals surface area contributed by atoms with Crippen molar-refractivity contribution in [2.24, 2.45) is 0 Å². The Labute approximate surface area is 220 Å². The highest BCUT2D eigenvalue weighted by molar-refractivity contribution is 7.89. The molecule has 0 bridgehead atoms. The molecule has 0 saturated carbocycles. The highest BCUT2D eigenvalue weighted by Crippen LogP contribution is 2.35. The summed E-state index contributed by atoms with van der Waals surface area (Å²) in [5, 5.41) is 0.543. The second-order valence-corrected chi connectivity index (χ2v) is 11.4. The van der Waals surface area contributed by atoms with Crippen LogP contribution in [0, 0.1) is 0 Å². The summed E-state index contributed by atoms with van der Waals surface area (Å²) in [6.07, 6.45) is 0. The van der Waals surface area contributed by atoms with Crippen LogP contribution in [0.3, 0.4) is 0 Å². The number of carbonyl (C=O) groups excluding carboxylic acids is 1. The zero-order chi connectivity index (χ0) is 25.8. The number of anilines is 1. The Balaban J connectivity index is 1.48. The molecule has 1 fully saturated rings. The molecule has 4 aromatic rings. The summed E-state index contributed by atoms with van der Waals surface area (Å²) in [5.41, 5.74) is 2.04. The van der Waals surface area contributed by atoms with Crippen molar-refractivity contribution < 1.29 is 22.7 Å². The fraction of sp³-hybridized carbons (Fsp3) is 0.259. The Kier molecular flexibility index (Phi) is 7.52. The van der Waals surface area contributed by atoms with E-state index in [1.165, 1.54) is 27.8 Å². The van der Waals surface area contributed by atoms with Crippen LogP contribution in [0.5, 0.6) is 5.75 Å². The van der Waals surface area contributed by atoms with Crippen molar-refractivity contribution in [2.45, 2.75) is 18.4 Å². The molecule has 1 aliphatic rings. The number of thiazole rings is 1. The lowest BCUT2D eigenvalue weighted by atomic mass is 10.1. The molecule has 0 aliphatic carbocycles. The molecule has 10 heteroatoms. The van der Waals surface area contributed by atoms with E-state index in [-0.39, 0.29) is 10.8 Å². The Hall–Kier alpha value is -3.31. The van der Waals surface area contributed by atoms with Gasteiger partial charge in [0.2, 0.25) is 10.0 Å². The summed E-state index contributed by atoms with van der Waals surface area (Å²) in [6.45, 7) is 4.12. The van der Waals surface area contributed by atoms with Crippen molar-refractivity contribution in [3.05, 3.63) is 83.9 Å². The molecule has 0 atom stereocenters. The quantitative estimate of drug-likeness (QED) is 0.327. The highest BCUT2D eigenvalue weighted by atomic mass is 32.2. The van der Waals surface area contributed by atoms with Crippen molar-refractivity contribution in [3.8, 4) is 5.75 Å². The van der Waals surface area contributed by atoms with Crippen molar-refractivity contribution >= 4 is 42.6 Å². The van der Waals surface area contributed by atoms with Crippen LogP contribution in [0.1, 0.15) is 22.8 Å². The molecule has 1 aliphatic heterocycles. The van der Waals surface area contributed by atoms with Gasteiger partial charge in [-0.15, -0.1) is 0 Å². The third-order valence-electron chi connectivity index (χ3n) is 6.04. The Bertz CT molecular complexity index is 1480. The third kappa shape index (κ3) is 5.37. The normalized spacial score (nSPS) is 14.5. The number of hydrogen-bond donors (Lipinski definition) is 0. The lowest BCUT2D eigenvalue weighted by Crippen LogP contribution is -2.40. The van der Waals surface area contributed by atoms with E-state index in [4.69, 9.17) is 14.5 Å². The predicted octanol–water partition coefficient (Wildman–Crippen LogP) is 4.56. The Morgan fingerprint density at radius 1 is 1.03 bits per heavy atom. The van der Waals surface area contributed by atoms with E-state index in [2.05, 4.69) is 0 Å². The summed E-state index contributed by atoms with van der Waals surface area (Å²) in [4.78, 5) is 20.3. The van der Waals surface area contributed by atoms with Crippen molar-refractivity contribution in [3.63, 3.8) is 0 Å². The van der Waals surface area contributed by atoms with Gasteiger partial charge in [0, 0.05) is 18.7 Å². The third-order valence-corrected chi connectivity index (χ3v) is 9.00. The number of sulfonamides is 1. The number of hydrogen-bond acceptors (Lipinski definition) is 7. The molecule has 5 rings (SSSR count). The van der Waals surface area contributed by atoms with Crippen LogP contribution in [0.15, 0.2) is 77.7 Å². The number of benzene rings is 3. The monoisotopic (exact) mass is 537 g/mol. The number of fused-ring (bicyclic) bond motifs is 1. The molecule has 1 amide bonds. The van der Waals surface area contributed by atoms with Crippen LogP contribution >= 0.6 is 11.3 Å². The van der Waals surface area contributed by atoms with E-state index >= 15 is 0 Å². The second kappa shape index (κ2) is 11.0. The topological polar surface area (TPSA) is 89.0 Å². The zero-order valence-corrected chi connectivity index (χ0v) is 22.0. The molecule has 2 heterocycles. The molecule has 0 unspecified atom stereocenters. The van der Waals surface area contributed by atoms with Crippen molar-refractivity contribution in [1.82, 2.24) is 9.29 Å². The number of para-hydroxylation sites is 1. The van der Waals surface area contributed by atoms with E-state index in [1.54, 1.807) is 17.0 Å². The molecule has 0 spiro atoms. The van der Waals surface area contributed by atoms with Gasteiger partial charge < -0.3 is 9.47 Å². The van der Waals surface area contributed by atoms with Gasteiger partial charge in [0.05, 0.1) is 36.0 Å². The predicted molar refractivity (Wildman–Crippen MR) is 144 cm³/mol. The smallest absolute Gasteiger partial charge is 0.260 e. The van der Waals surface area contributed by atoms with Crippen LogP contribution in [-0.4, -0.2) is 56.5 Å². The fourth-order valence-electron chi connectivity index (χ4n) is 4.15. The number of aromatic nitrogens is 1. The first-order valence-corrected chi connectivity index (χ1v) is 14.3. The van der Waals surface area contributed by atoms with Crippen LogP contribution in [0.4, 0.5) is 5.13 Å². The Morgan fingerprint density at radius 3 is 2.46 bits per heavy atom. The lowest BCUT2D eigenvalue weighted by Gasteiger charge is -2.26. The summed E-state index contributed by atoms with van der Waals surface area (Å²) in [6, 6.07) is 21.5. The van der Waals surface area contributed by atoms with E-state index in [0.29, 0.717) is 61.4 Å². The molecule has 0 N–H and O–H groups in total. The number of amides is 1. The van der Waals surface area contributed by atoms with E-state index < -0.39 is 10.0 Å². The van der Waals surface area contributed by atoms with E-state index in [0.717, 1.165) is 10.3 Å². The molecule has 3 aromatic carbocycles. The van der Waals surface area contributed by atoms with E-state index in [9.17, 15) is 13.2 Å². The molecule has 1 aromatic heterocycles. The van der Waals surface area contributed by atoms with Crippen molar-refractivity contribution in [2.75, 3.05) is 37.8 Å². The summed E-state index contributed by atoms with van der Waals surface area (Å²) >= 11 is 1.41. The van der Waals surface area contributed by atoms with Crippen LogP contribution < -0.4 is 9.64 Å². The summed E-state index contributed by atoms with van der Waals surface area (Å²) in [5.74, 6) is 0.406. The van der Waals surface area contributed by atoms with Crippen LogP contribution in [-0.2, 0) is 21.3 Å². The number of morpholine rings is 1. The van der Waals surface area contributed by atoms with Gasteiger partial charge in [-0.2, -0.15) is 4.31 Å². The molecule has 1 saturated heterocycles. The average Bonchev–Trinajstić information content (AvgIpc) is 3.38. The van der Waals surface area contributed by atoms with Gasteiger partial charge in [-0.1, -0.05) is 47.7 Å². The van der Waals surface area contributed by atoms with Gasteiger partial charge in [0.15, 0.2) is 5.13 Å². The van der Waals surface area contributed by atoms with E-state index in [1.807, 2.05) is 55.5 Å². The van der Waals surface area contributed by atoms with Gasteiger partial charge in [-0.3, -0.25) is 9.69 Å². The largest absolute Gasteiger partial charge is 0.492 e.